The normalized spacial score (nSPS) is 13.1. The molecule has 0 bridgehead atoms. The van der Waals surface area contributed by atoms with Gasteiger partial charge in [-0.05, 0) is 60.3 Å². The van der Waals surface area contributed by atoms with Crippen molar-refractivity contribution >= 4 is 63.1 Å². The molecule has 41 heavy (non-hydrogen) atoms. The number of nitrogens with one attached hydrogen (secondary N) is 2. The molecule has 4 aromatic rings. The molecule has 1 aliphatic rings. The van der Waals surface area contributed by atoms with Gasteiger partial charge in [0.15, 0.2) is 0 Å². The molecule has 0 atom stereocenters. The number of benzene rings is 4. The Labute approximate surface area is 241 Å². The minimum absolute atomic E-state index is 0.119. The van der Waals surface area contributed by atoms with Gasteiger partial charge < -0.3 is 15.4 Å². The summed E-state index contributed by atoms with van der Waals surface area (Å²) in [6, 6.07) is 25.9. The highest BCUT2D eigenvalue weighted by atomic mass is 35.5. The number of amides is 3. The molecule has 1 aliphatic heterocycles. The summed E-state index contributed by atoms with van der Waals surface area (Å²) in [7, 11) is 0. The van der Waals surface area contributed by atoms with Gasteiger partial charge in [0.05, 0.1) is 17.9 Å². The van der Waals surface area contributed by atoms with E-state index in [1.165, 1.54) is 24.3 Å². The number of esters is 1. The van der Waals surface area contributed by atoms with Gasteiger partial charge in [0, 0.05) is 22.3 Å². The summed E-state index contributed by atoms with van der Waals surface area (Å²) < 4.78 is 5.20. The van der Waals surface area contributed by atoms with Crippen molar-refractivity contribution in [2.24, 2.45) is 0 Å². The SMILES string of the molecule is CCCCOC(=O)c1ccc(N2C(=O)C(Cl)=C(Nc3cccc(C(=O)Nc4cccc5ccccc45)c3)C2=O)cc1. The molecule has 0 fully saturated rings. The van der Waals surface area contributed by atoms with E-state index in [0.29, 0.717) is 29.1 Å². The minimum Gasteiger partial charge on any atom is -0.462 e. The number of imide groups is 1. The molecule has 2 N–H and O–H groups in total. The summed E-state index contributed by atoms with van der Waals surface area (Å²) >= 11 is 6.29. The molecule has 0 saturated heterocycles. The van der Waals surface area contributed by atoms with Gasteiger partial charge in [-0.1, -0.05) is 67.4 Å². The molecular formula is C32H26ClN3O5. The molecule has 0 spiro atoms. The van der Waals surface area contributed by atoms with Crippen LogP contribution in [-0.4, -0.2) is 30.3 Å². The van der Waals surface area contributed by atoms with Crippen molar-refractivity contribution in [3.05, 3.63) is 113 Å². The lowest BCUT2D eigenvalue weighted by molar-refractivity contribution is -0.120. The molecule has 0 aromatic heterocycles. The minimum atomic E-state index is -0.706. The lowest BCUT2D eigenvalue weighted by Crippen LogP contribution is -2.32. The maximum absolute atomic E-state index is 13.2. The van der Waals surface area contributed by atoms with Crippen LogP contribution in [0.25, 0.3) is 10.8 Å². The van der Waals surface area contributed by atoms with E-state index < -0.39 is 17.8 Å². The maximum atomic E-state index is 13.2. The predicted molar refractivity (Wildman–Crippen MR) is 159 cm³/mol. The third-order valence-electron chi connectivity index (χ3n) is 6.55. The topological polar surface area (TPSA) is 105 Å². The summed E-state index contributed by atoms with van der Waals surface area (Å²) in [6.45, 7) is 2.32. The Morgan fingerprint density at radius 3 is 2.37 bits per heavy atom. The van der Waals surface area contributed by atoms with Gasteiger partial charge >= 0.3 is 5.97 Å². The summed E-state index contributed by atoms with van der Waals surface area (Å²) in [6.07, 6.45) is 1.66. The number of carbonyl (C=O) groups is 4. The number of ether oxygens (including phenoxy) is 1. The first kappa shape index (κ1) is 27.6. The van der Waals surface area contributed by atoms with Crippen molar-refractivity contribution in [3.63, 3.8) is 0 Å². The Bertz CT molecular complexity index is 1690. The van der Waals surface area contributed by atoms with Crippen LogP contribution in [0.4, 0.5) is 17.1 Å². The van der Waals surface area contributed by atoms with Crippen LogP contribution in [0, 0.1) is 0 Å². The van der Waals surface area contributed by atoms with E-state index in [9.17, 15) is 19.2 Å². The summed E-state index contributed by atoms with van der Waals surface area (Å²) in [5.41, 5.74) is 1.85. The van der Waals surface area contributed by atoms with Crippen molar-refractivity contribution in [2.75, 3.05) is 22.1 Å². The smallest absolute Gasteiger partial charge is 0.338 e. The molecule has 0 saturated carbocycles. The highest BCUT2D eigenvalue weighted by Gasteiger charge is 2.39. The van der Waals surface area contributed by atoms with Crippen LogP contribution in [0.2, 0.25) is 0 Å². The maximum Gasteiger partial charge on any atom is 0.338 e. The standard InChI is InChI=1S/C32H26ClN3O5/c1-2-3-18-41-32(40)21-14-16-24(17-15-21)36-30(38)27(33)28(31(36)39)34-23-11-6-10-22(19-23)29(37)35-26-13-7-9-20-8-4-5-12-25(20)26/h4-17,19,34H,2-3,18H2,1H3,(H,35,37). The second kappa shape index (κ2) is 12.1. The summed E-state index contributed by atoms with van der Waals surface area (Å²) in [5.74, 6) is -2.19. The average Bonchev–Trinajstić information content (AvgIpc) is 3.20. The van der Waals surface area contributed by atoms with E-state index in [1.807, 2.05) is 49.4 Å². The molecule has 4 aromatic carbocycles. The van der Waals surface area contributed by atoms with E-state index in [1.54, 1.807) is 24.3 Å². The molecule has 8 nitrogen and oxygen atoms in total. The molecule has 0 radical (unpaired) electrons. The molecule has 206 valence electrons. The van der Waals surface area contributed by atoms with Gasteiger partial charge in [0.2, 0.25) is 0 Å². The van der Waals surface area contributed by atoms with Gasteiger partial charge in [0.1, 0.15) is 10.7 Å². The van der Waals surface area contributed by atoms with Gasteiger partial charge in [-0.3, -0.25) is 14.4 Å². The van der Waals surface area contributed by atoms with Crippen molar-refractivity contribution in [3.8, 4) is 0 Å². The van der Waals surface area contributed by atoms with Crippen LogP contribution >= 0.6 is 11.6 Å². The second-order valence-electron chi connectivity index (χ2n) is 9.36. The largest absolute Gasteiger partial charge is 0.462 e. The first-order valence-corrected chi connectivity index (χ1v) is 13.5. The fourth-order valence-corrected chi connectivity index (χ4v) is 4.61. The van der Waals surface area contributed by atoms with Gasteiger partial charge in [0.25, 0.3) is 17.7 Å². The Balaban J connectivity index is 1.30. The van der Waals surface area contributed by atoms with E-state index in [0.717, 1.165) is 28.5 Å². The summed E-state index contributed by atoms with van der Waals surface area (Å²) in [5, 5.41) is 7.45. The zero-order valence-electron chi connectivity index (χ0n) is 22.1. The van der Waals surface area contributed by atoms with E-state index in [-0.39, 0.29) is 22.3 Å². The number of rotatable bonds is 9. The zero-order chi connectivity index (χ0) is 28.9. The van der Waals surface area contributed by atoms with Crippen LogP contribution in [0.3, 0.4) is 0 Å². The Morgan fingerprint density at radius 2 is 1.59 bits per heavy atom. The first-order chi connectivity index (χ1) is 19.9. The molecule has 1 heterocycles. The molecule has 3 amide bonds. The van der Waals surface area contributed by atoms with Gasteiger partial charge in [-0.15, -0.1) is 0 Å². The first-order valence-electron chi connectivity index (χ1n) is 13.1. The number of fused-ring (bicyclic) bond motifs is 1. The molecule has 5 rings (SSSR count). The van der Waals surface area contributed by atoms with Crippen LogP contribution in [0.5, 0.6) is 0 Å². The van der Waals surface area contributed by atoms with Crippen molar-refractivity contribution < 1.29 is 23.9 Å². The number of hydrogen-bond acceptors (Lipinski definition) is 6. The van der Waals surface area contributed by atoms with Gasteiger partial charge in [-0.25, -0.2) is 9.69 Å². The number of halogens is 1. The number of unbranched alkanes of at least 4 members (excludes halogenated alkanes) is 1. The van der Waals surface area contributed by atoms with Crippen LogP contribution in [0.1, 0.15) is 40.5 Å². The van der Waals surface area contributed by atoms with Crippen molar-refractivity contribution in [1.82, 2.24) is 0 Å². The molecule has 0 aliphatic carbocycles. The summed E-state index contributed by atoms with van der Waals surface area (Å²) in [4.78, 5) is 52.3. The second-order valence-corrected chi connectivity index (χ2v) is 9.74. The number of anilines is 3. The molecule has 0 unspecified atom stereocenters. The highest BCUT2D eigenvalue weighted by Crippen LogP contribution is 2.31. The number of carbonyl (C=O) groups excluding carboxylic acids is 4. The fourth-order valence-electron chi connectivity index (χ4n) is 4.40. The fraction of sp³-hybridized carbons (Fsp3) is 0.125. The Kier molecular flexibility index (Phi) is 8.12. The average molecular weight is 568 g/mol. The van der Waals surface area contributed by atoms with Crippen LogP contribution in [0.15, 0.2) is 102 Å². The monoisotopic (exact) mass is 567 g/mol. The quantitative estimate of drug-likeness (QED) is 0.136. The number of nitrogens with zero attached hydrogens (tertiary/aromatic N) is 1. The Morgan fingerprint density at radius 1 is 0.854 bits per heavy atom. The Hall–Kier alpha value is -4.95. The van der Waals surface area contributed by atoms with Gasteiger partial charge in [-0.2, -0.15) is 0 Å². The third-order valence-corrected chi connectivity index (χ3v) is 6.90. The van der Waals surface area contributed by atoms with E-state index in [4.69, 9.17) is 16.3 Å². The number of hydrogen-bond donors (Lipinski definition) is 2. The lowest BCUT2D eigenvalue weighted by atomic mass is 10.1. The third kappa shape index (κ3) is 5.83. The lowest BCUT2D eigenvalue weighted by Gasteiger charge is -2.16. The molecular weight excluding hydrogens is 542 g/mol. The van der Waals surface area contributed by atoms with Crippen LogP contribution in [-0.2, 0) is 14.3 Å². The van der Waals surface area contributed by atoms with E-state index >= 15 is 0 Å². The molecule has 9 heteroatoms. The predicted octanol–water partition coefficient (Wildman–Crippen LogP) is 6.48. The van der Waals surface area contributed by atoms with E-state index in [2.05, 4.69) is 10.6 Å². The highest BCUT2D eigenvalue weighted by molar-refractivity contribution is 6.53. The zero-order valence-corrected chi connectivity index (χ0v) is 22.9. The van der Waals surface area contributed by atoms with Crippen LogP contribution < -0.4 is 15.5 Å². The van der Waals surface area contributed by atoms with Crippen molar-refractivity contribution in [2.45, 2.75) is 19.8 Å². The van der Waals surface area contributed by atoms with Crippen molar-refractivity contribution in [1.29, 1.82) is 0 Å².